The lowest BCUT2D eigenvalue weighted by atomic mass is 9.84. The number of hydrogen-bond donors (Lipinski definition) is 1. The summed E-state index contributed by atoms with van der Waals surface area (Å²) in [6, 6.07) is 2.23. The maximum Gasteiger partial charge on any atom is 0.303 e. The van der Waals surface area contributed by atoms with Gasteiger partial charge in [-0.05, 0) is 77.1 Å². The Morgan fingerprint density at radius 2 is 2.14 bits per heavy atom. The topological polar surface area (TPSA) is 46.5 Å². The lowest BCUT2D eigenvalue weighted by molar-refractivity contribution is -0.137. The Hall–Kier alpha value is -1.03. The Morgan fingerprint density at radius 3 is 2.76 bits per heavy atom. The first-order valence-electron chi connectivity index (χ1n) is 7.71. The van der Waals surface area contributed by atoms with E-state index in [1.165, 1.54) is 24.0 Å². The lowest BCUT2D eigenvalue weighted by Gasteiger charge is -2.25. The molecule has 2 aliphatic rings. The van der Waals surface area contributed by atoms with E-state index in [0.29, 0.717) is 5.92 Å². The number of ether oxygens (including phenoxy) is 1. The average Bonchev–Trinajstić information content (AvgIpc) is 3.29. The minimum Gasteiger partial charge on any atom is -0.495 e. The van der Waals surface area contributed by atoms with Crippen molar-refractivity contribution in [3.05, 3.63) is 27.2 Å². The van der Waals surface area contributed by atoms with Crippen LogP contribution in [0.5, 0.6) is 5.75 Å². The number of halogens is 1. The van der Waals surface area contributed by atoms with Crippen LogP contribution in [-0.2, 0) is 17.6 Å². The standard InChI is InChI=1S/C17H21BrO3/c1-21-17-14(13(9-15(19)20)10-6-7-10)8-11-4-2-3-5-12(11)16(17)18/h8,10,13H,2-7,9H2,1H3,(H,19,20). The molecule has 4 heteroatoms. The van der Waals surface area contributed by atoms with Crippen molar-refractivity contribution in [2.45, 2.75) is 50.9 Å². The molecule has 114 valence electrons. The highest BCUT2D eigenvalue weighted by Crippen LogP contribution is 2.50. The summed E-state index contributed by atoms with van der Waals surface area (Å²) in [6.45, 7) is 0. The highest BCUT2D eigenvalue weighted by molar-refractivity contribution is 9.10. The van der Waals surface area contributed by atoms with E-state index in [9.17, 15) is 9.90 Å². The molecule has 0 radical (unpaired) electrons. The number of aryl methyl sites for hydroxylation is 1. The number of rotatable bonds is 5. The van der Waals surface area contributed by atoms with Crippen molar-refractivity contribution < 1.29 is 14.6 Å². The number of carbonyl (C=O) groups is 1. The van der Waals surface area contributed by atoms with E-state index in [4.69, 9.17) is 4.74 Å². The largest absolute Gasteiger partial charge is 0.495 e. The van der Waals surface area contributed by atoms with Crippen LogP contribution in [0.3, 0.4) is 0 Å². The summed E-state index contributed by atoms with van der Waals surface area (Å²) in [4.78, 5) is 11.2. The van der Waals surface area contributed by atoms with E-state index in [-0.39, 0.29) is 12.3 Å². The fourth-order valence-corrected chi connectivity index (χ4v) is 4.40. The molecule has 1 fully saturated rings. The van der Waals surface area contributed by atoms with Gasteiger partial charge in [-0.15, -0.1) is 0 Å². The second kappa shape index (κ2) is 5.99. The third-order valence-electron chi connectivity index (χ3n) is 4.76. The molecule has 1 aromatic rings. The van der Waals surface area contributed by atoms with Gasteiger partial charge in [-0.2, -0.15) is 0 Å². The van der Waals surface area contributed by atoms with Crippen LogP contribution in [0.15, 0.2) is 10.5 Å². The summed E-state index contributed by atoms with van der Waals surface area (Å²) >= 11 is 3.71. The number of benzene rings is 1. The fraction of sp³-hybridized carbons (Fsp3) is 0.588. The Balaban J connectivity index is 2.07. The minimum absolute atomic E-state index is 0.0842. The quantitative estimate of drug-likeness (QED) is 0.858. The predicted molar refractivity (Wildman–Crippen MR) is 85.1 cm³/mol. The molecule has 1 saturated carbocycles. The Bertz CT molecular complexity index is 564. The van der Waals surface area contributed by atoms with Gasteiger partial charge in [0.1, 0.15) is 5.75 Å². The molecule has 0 aromatic heterocycles. The summed E-state index contributed by atoms with van der Waals surface area (Å²) in [5.41, 5.74) is 3.82. The molecule has 3 nitrogen and oxygen atoms in total. The smallest absolute Gasteiger partial charge is 0.303 e. The van der Waals surface area contributed by atoms with Crippen LogP contribution < -0.4 is 4.74 Å². The number of methoxy groups -OCH3 is 1. The maximum absolute atomic E-state index is 11.2. The Labute approximate surface area is 133 Å². The zero-order chi connectivity index (χ0) is 15.0. The number of hydrogen-bond acceptors (Lipinski definition) is 2. The van der Waals surface area contributed by atoms with Gasteiger partial charge >= 0.3 is 5.97 Å². The van der Waals surface area contributed by atoms with E-state index in [0.717, 1.165) is 41.5 Å². The third-order valence-corrected chi connectivity index (χ3v) is 5.59. The molecule has 1 aromatic carbocycles. The Kier molecular flexibility index (Phi) is 4.25. The predicted octanol–water partition coefficient (Wildman–Crippen LogP) is 4.30. The van der Waals surface area contributed by atoms with Gasteiger partial charge in [-0.3, -0.25) is 4.79 Å². The monoisotopic (exact) mass is 352 g/mol. The summed E-state index contributed by atoms with van der Waals surface area (Å²) in [5.74, 6) is 0.723. The van der Waals surface area contributed by atoms with Gasteiger partial charge in [0.05, 0.1) is 18.0 Å². The normalized spacial score (nSPS) is 19.0. The molecule has 21 heavy (non-hydrogen) atoms. The van der Waals surface area contributed by atoms with Crippen molar-refractivity contribution in [2.75, 3.05) is 7.11 Å². The first kappa shape index (κ1) is 14.9. The minimum atomic E-state index is -0.720. The second-order valence-corrected chi connectivity index (χ2v) is 6.99. The molecular weight excluding hydrogens is 332 g/mol. The van der Waals surface area contributed by atoms with Gasteiger partial charge in [-0.1, -0.05) is 6.07 Å². The zero-order valence-electron chi connectivity index (χ0n) is 12.3. The van der Waals surface area contributed by atoms with E-state index in [1.54, 1.807) is 7.11 Å². The first-order valence-corrected chi connectivity index (χ1v) is 8.51. The van der Waals surface area contributed by atoms with Crippen LogP contribution in [0.4, 0.5) is 0 Å². The van der Waals surface area contributed by atoms with Gasteiger partial charge in [-0.25, -0.2) is 0 Å². The van der Waals surface area contributed by atoms with Gasteiger partial charge in [0.2, 0.25) is 0 Å². The number of aliphatic carboxylic acids is 1. The molecule has 1 N–H and O–H groups in total. The molecule has 1 unspecified atom stereocenters. The van der Waals surface area contributed by atoms with Crippen molar-refractivity contribution in [1.82, 2.24) is 0 Å². The van der Waals surface area contributed by atoms with E-state index >= 15 is 0 Å². The van der Waals surface area contributed by atoms with E-state index in [2.05, 4.69) is 22.0 Å². The highest BCUT2D eigenvalue weighted by Gasteiger charge is 2.36. The van der Waals surface area contributed by atoms with Crippen molar-refractivity contribution in [1.29, 1.82) is 0 Å². The zero-order valence-corrected chi connectivity index (χ0v) is 13.9. The summed E-state index contributed by atoms with van der Waals surface area (Å²) < 4.78 is 6.69. The molecule has 0 spiro atoms. The highest BCUT2D eigenvalue weighted by atomic mass is 79.9. The van der Waals surface area contributed by atoms with E-state index in [1.807, 2.05) is 0 Å². The number of carboxylic acids is 1. The van der Waals surface area contributed by atoms with Crippen molar-refractivity contribution in [3.63, 3.8) is 0 Å². The second-order valence-electron chi connectivity index (χ2n) is 6.20. The number of carboxylic acid groups (broad SMARTS) is 1. The van der Waals surface area contributed by atoms with Crippen LogP contribution in [-0.4, -0.2) is 18.2 Å². The van der Waals surface area contributed by atoms with Crippen molar-refractivity contribution >= 4 is 21.9 Å². The molecule has 0 heterocycles. The van der Waals surface area contributed by atoms with Crippen LogP contribution >= 0.6 is 15.9 Å². The van der Waals surface area contributed by atoms with Gasteiger partial charge < -0.3 is 9.84 Å². The first-order chi connectivity index (χ1) is 10.1. The van der Waals surface area contributed by atoms with Gasteiger partial charge in [0.15, 0.2) is 0 Å². The van der Waals surface area contributed by atoms with Crippen LogP contribution in [0.2, 0.25) is 0 Å². The summed E-state index contributed by atoms with van der Waals surface area (Å²) in [5, 5.41) is 9.24. The molecular formula is C17H21BrO3. The average molecular weight is 353 g/mol. The van der Waals surface area contributed by atoms with Gasteiger partial charge in [0.25, 0.3) is 0 Å². The third kappa shape index (κ3) is 2.96. The van der Waals surface area contributed by atoms with Crippen molar-refractivity contribution in [2.24, 2.45) is 5.92 Å². The Morgan fingerprint density at radius 1 is 1.43 bits per heavy atom. The maximum atomic E-state index is 11.2. The summed E-state index contributed by atoms with van der Waals surface area (Å²) in [7, 11) is 1.68. The summed E-state index contributed by atoms with van der Waals surface area (Å²) in [6.07, 6.45) is 7.08. The molecule has 0 saturated heterocycles. The number of fused-ring (bicyclic) bond motifs is 1. The molecule has 2 aliphatic carbocycles. The van der Waals surface area contributed by atoms with Crippen LogP contribution in [0, 0.1) is 5.92 Å². The van der Waals surface area contributed by atoms with Crippen LogP contribution in [0.1, 0.15) is 54.7 Å². The van der Waals surface area contributed by atoms with Crippen LogP contribution in [0.25, 0.3) is 0 Å². The SMILES string of the molecule is COc1c(C(CC(=O)O)C2CC2)cc2c(c1Br)CCCC2. The lowest BCUT2D eigenvalue weighted by Crippen LogP contribution is -2.13. The molecule has 0 aliphatic heterocycles. The fourth-order valence-electron chi connectivity index (χ4n) is 3.56. The van der Waals surface area contributed by atoms with E-state index < -0.39 is 5.97 Å². The molecule has 1 atom stereocenters. The molecule has 0 bridgehead atoms. The molecule has 0 amide bonds. The van der Waals surface area contributed by atoms with Gasteiger partial charge in [0, 0.05) is 5.92 Å². The molecule has 3 rings (SSSR count). The van der Waals surface area contributed by atoms with Crippen molar-refractivity contribution in [3.8, 4) is 5.75 Å².